The molecule has 0 saturated heterocycles. The van der Waals surface area contributed by atoms with Gasteiger partial charge in [0.25, 0.3) is 11.8 Å². The summed E-state index contributed by atoms with van der Waals surface area (Å²) in [6.45, 7) is 0. The van der Waals surface area contributed by atoms with Gasteiger partial charge >= 0.3 is 0 Å². The van der Waals surface area contributed by atoms with Crippen molar-refractivity contribution in [1.82, 2.24) is 5.43 Å². The Hall–Kier alpha value is -3.64. The van der Waals surface area contributed by atoms with E-state index < -0.39 is 0 Å². The number of carbonyl (C=O) groups excluding carboxylic acids is 2. The van der Waals surface area contributed by atoms with Crippen LogP contribution in [-0.2, 0) is 0 Å². The minimum Gasteiger partial charge on any atom is -0.497 e. The molecule has 3 aromatic rings. The molecule has 0 aliphatic heterocycles. The van der Waals surface area contributed by atoms with E-state index in [1.165, 1.54) is 6.21 Å². The van der Waals surface area contributed by atoms with E-state index in [9.17, 15) is 9.59 Å². The van der Waals surface area contributed by atoms with Crippen LogP contribution < -0.4 is 15.5 Å². The van der Waals surface area contributed by atoms with Crippen molar-refractivity contribution >= 4 is 35.3 Å². The van der Waals surface area contributed by atoms with Gasteiger partial charge in [0, 0.05) is 21.8 Å². The predicted molar refractivity (Wildman–Crippen MR) is 114 cm³/mol. The normalized spacial score (nSPS) is 10.6. The third-order valence-electron chi connectivity index (χ3n) is 3.98. The fourth-order valence-electron chi connectivity index (χ4n) is 2.46. The summed E-state index contributed by atoms with van der Waals surface area (Å²) in [6.07, 6.45) is 1.53. The zero-order chi connectivity index (χ0) is 20.6. The average molecular weight is 408 g/mol. The molecule has 0 aliphatic rings. The van der Waals surface area contributed by atoms with E-state index in [0.29, 0.717) is 27.6 Å². The number of benzene rings is 3. The second-order valence-electron chi connectivity index (χ2n) is 6.01. The zero-order valence-electron chi connectivity index (χ0n) is 15.6. The van der Waals surface area contributed by atoms with Crippen molar-refractivity contribution in [1.29, 1.82) is 0 Å². The van der Waals surface area contributed by atoms with Gasteiger partial charge in [-0.3, -0.25) is 9.59 Å². The summed E-state index contributed by atoms with van der Waals surface area (Å²) in [4.78, 5) is 24.4. The van der Waals surface area contributed by atoms with E-state index in [1.54, 1.807) is 61.7 Å². The second kappa shape index (κ2) is 9.52. The Labute approximate surface area is 173 Å². The molecule has 0 fully saturated rings. The van der Waals surface area contributed by atoms with Crippen molar-refractivity contribution in [2.45, 2.75) is 0 Å². The first-order chi connectivity index (χ1) is 14.0. The third-order valence-corrected chi connectivity index (χ3v) is 4.24. The summed E-state index contributed by atoms with van der Waals surface area (Å²) in [5, 5.41) is 7.28. The maximum Gasteiger partial charge on any atom is 0.271 e. The lowest BCUT2D eigenvalue weighted by atomic mass is 10.1. The second-order valence-corrected chi connectivity index (χ2v) is 6.45. The topological polar surface area (TPSA) is 79.8 Å². The minimum atomic E-state index is -0.361. The molecule has 3 rings (SSSR count). The largest absolute Gasteiger partial charge is 0.497 e. The molecule has 0 bridgehead atoms. The van der Waals surface area contributed by atoms with Gasteiger partial charge in [0.15, 0.2) is 0 Å². The summed E-state index contributed by atoms with van der Waals surface area (Å²) in [7, 11) is 1.58. The number of rotatable bonds is 6. The summed E-state index contributed by atoms with van der Waals surface area (Å²) in [6, 6.07) is 20.4. The molecule has 0 heterocycles. The number of hydrogen-bond donors (Lipinski definition) is 2. The fourth-order valence-corrected chi connectivity index (χ4v) is 2.59. The number of ether oxygens (including phenoxy) is 1. The number of amides is 2. The summed E-state index contributed by atoms with van der Waals surface area (Å²) in [5.41, 5.74) is 4.74. The molecule has 6 nitrogen and oxygen atoms in total. The number of hydrazone groups is 1. The molecule has 0 atom stereocenters. The number of methoxy groups -OCH3 is 1. The Bertz CT molecular complexity index is 1030. The molecular weight excluding hydrogens is 390 g/mol. The van der Waals surface area contributed by atoms with Crippen molar-refractivity contribution in [3.05, 3.63) is 94.5 Å². The highest BCUT2D eigenvalue weighted by Crippen LogP contribution is 2.14. The van der Waals surface area contributed by atoms with Gasteiger partial charge in [0.2, 0.25) is 0 Å². The van der Waals surface area contributed by atoms with Gasteiger partial charge in [-0.1, -0.05) is 23.7 Å². The van der Waals surface area contributed by atoms with E-state index in [2.05, 4.69) is 15.8 Å². The molecular formula is C22H18ClN3O3. The van der Waals surface area contributed by atoms with Crippen LogP contribution in [0.25, 0.3) is 0 Å². The molecule has 0 aliphatic carbocycles. The van der Waals surface area contributed by atoms with Gasteiger partial charge in [0.1, 0.15) is 5.75 Å². The Morgan fingerprint density at radius 2 is 1.59 bits per heavy atom. The van der Waals surface area contributed by atoms with Crippen LogP contribution in [0.4, 0.5) is 5.69 Å². The zero-order valence-corrected chi connectivity index (χ0v) is 16.3. The minimum absolute atomic E-state index is 0.262. The number of nitrogens with zero attached hydrogens (tertiary/aromatic N) is 1. The van der Waals surface area contributed by atoms with Crippen LogP contribution in [0.15, 0.2) is 77.9 Å². The first-order valence-electron chi connectivity index (χ1n) is 8.69. The monoisotopic (exact) mass is 407 g/mol. The molecule has 146 valence electrons. The van der Waals surface area contributed by atoms with Crippen LogP contribution in [0.5, 0.6) is 5.75 Å². The summed E-state index contributed by atoms with van der Waals surface area (Å²) >= 11 is 5.82. The molecule has 0 saturated carbocycles. The van der Waals surface area contributed by atoms with Crippen LogP contribution in [0.1, 0.15) is 26.3 Å². The van der Waals surface area contributed by atoms with Gasteiger partial charge in [-0.25, -0.2) is 5.43 Å². The molecule has 2 N–H and O–H groups in total. The molecule has 0 unspecified atom stereocenters. The van der Waals surface area contributed by atoms with Crippen LogP contribution in [0, 0.1) is 0 Å². The van der Waals surface area contributed by atoms with Gasteiger partial charge < -0.3 is 10.1 Å². The number of hydrogen-bond acceptors (Lipinski definition) is 4. The molecule has 0 radical (unpaired) electrons. The Kier molecular flexibility index (Phi) is 6.60. The molecule has 29 heavy (non-hydrogen) atoms. The quantitative estimate of drug-likeness (QED) is 0.470. The molecule has 3 aromatic carbocycles. The highest BCUT2D eigenvalue weighted by atomic mass is 35.5. The SMILES string of the molecule is COc1cccc(/C=N\NC(=O)c2ccc(NC(=O)c3ccc(Cl)cc3)cc2)c1. The maximum atomic E-state index is 12.2. The van der Waals surface area contributed by atoms with Crippen molar-refractivity contribution in [2.75, 3.05) is 12.4 Å². The van der Waals surface area contributed by atoms with Crippen LogP contribution in [0.2, 0.25) is 5.02 Å². The maximum absolute atomic E-state index is 12.2. The molecule has 2 amide bonds. The predicted octanol–water partition coefficient (Wildman–Crippen LogP) is 4.36. The van der Waals surface area contributed by atoms with E-state index >= 15 is 0 Å². The lowest BCUT2D eigenvalue weighted by molar-refractivity contribution is 0.0954. The van der Waals surface area contributed by atoms with E-state index in [1.807, 2.05) is 18.2 Å². The Morgan fingerprint density at radius 1 is 0.931 bits per heavy atom. The standard InChI is InChI=1S/C22H18ClN3O3/c1-29-20-4-2-3-15(13-20)14-24-26-22(28)17-7-11-19(12-8-17)25-21(27)16-5-9-18(23)10-6-16/h2-14H,1H3,(H,25,27)(H,26,28)/b24-14-. The number of nitrogens with one attached hydrogen (secondary N) is 2. The first kappa shape index (κ1) is 20.1. The van der Waals surface area contributed by atoms with Gasteiger partial charge in [-0.05, 0) is 66.2 Å². The first-order valence-corrected chi connectivity index (χ1v) is 9.07. The molecule has 7 heteroatoms. The molecule has 0 aromatic heterocycles. The van der Waals surface area contributed by atoms with Gasteiger partial charge in [0.05, 0.1) is 13.3 Å². The van der Waals surface area contributed by atoms with Crippen LogP contribution in [-0.4, -0.2) is 25.1 Å². The lowest BCUT2D eigenvalue weighted by Crippen LogP contribution is -2.17. The van der Waals surface area contributed by atoms with E-state index in [0.717, 1.165) is 5.56 Å². The van der Waals surface area contributed by atoms with Crippen LogP contribution >= 0.6 is 11.6 Å². The number of halogens is 1. The van der Waals surface area contributed by atoms with E-state index in [-0.39, 0.29) is 11.8 Å². The van der Waals surface area contributed by atoms with E-state index in [4.69, 9.17) is 16.3 Å². The number of anilines is 1. The number of carbonyl (C=O) groups is 2. The fraction of sp³-hybridized carbons (Fsp3) is 0.0455. The third kappa shape index (κ3) is 5.67. The average Bonchev–Trinajstić information content (AvgIpc) is 2.74. The van der Waals surface area contributed by atoms with Crippen molar-refractivity contribution in [2.24, 2.45) is 5.10 Å². The summed E-state index contributed by atoms with van der Waals surface area (Å²) in [5.74, 6) is 0.0815. The Morgan fingerprint density at radius 3 is 2.28 bits per heavy atom. The summed E-state index contributed by atoms with van der Waals surface area (Å²) < 4.78 is 5.14. The lowest BCUT2D eigenvalue weighted by Gasteiger charge is -2.06. The van der Waals surface area contributed by atoms with Crippen molar-refractivity contribution in [3.63, 3.8) is 0 Å². The van der Waals surface area contributed by atoms with Crippen molar-refractivity contribution in [3.8, 4) is 5.75 Å². The van der Waals surface area contributed by atoms with Crippen molar-refractivity contribution < 1.29 is 14.3 Å². The van der Waals surface area contributed by atoms with Gasteiger partial charge in [-0.15, -0.1) is 0 Å². The Balaban J connectivity index is 1.57. The highest BCUT2D eigenvalue weighted by Gasteiger charge is 2.08. The molecule has 0 spiro atoms. The smallest absolute Gasteiger partial charge is 0.271 e. The van der Waals surface area contributed by atoms with Gasteiger partial charge in [-0.2, -0.15) is 5.10 Å². The van der Waals surface area contributed by atoms with Crippen LogP contribution in [0.3, 0.4) is 0 Å². The highest BCUT2D eigenvalue weighted by molar-refractivity contribution is 6.30.